The molecule has 0 spiro atoms. The van der Waals surface area contributed by atoms with E-state index in [4.69, 9.17) is 51.1 Å². The smallest absolute Gasteiger partial charge is 0.336 e. The summed E-state index contributed by atoms with van der Waals surface area (Å²) in [6.07, 6.45) is -8.05. The van der Waals surface area contributed by atoms with Gasteiger partial charge in [-0.05, 0) is 6.92 Å². The second-order valence-corrected chi connectivity index (χ2v) is 5.06. The van der Waals surface area contributed by atoms with E-state index in [0.717, 1.165) is 0 Å². The van der Waals surface area contributed by atoms with Crippen molar-refractivity contribution in [1.29, 1.82) is 0 Å². The van der Waals surface area contributed by atoms with Gasteiger partial charge in [-0.3, -0.25) is 9.59 Å². The minimum Gasteiger partial charge on any atom is -0.481 e. The van der Waals surface area contributed by atoms with Gasteiger partial charge in [0.25, 0.3) is 0 Å². The van der Waals surface area contributed by atoms with Gasteiger partial charge in [0.1, 0.15) is 6.10 Å². The molecule has 3 atom stereocenters. The molecule has 0 rings (SSSR count). The van der Waals surface area contributed by atoms with Crippen LogP contribution >= 0.6 is 0 Å². The highest BCUT2D eigenvalue weighted by Gasteiger charge is 2.40. The monoisotopic (exact) mass is 432 g/mol. The molecule has 16 heteroatoms. The van der Waals surface area contributed by atoms with Crippen LogP contribution < -0.4 is 0 Å². The Morgan fingerprint density at radius 3 is 1.00 bits per heavy atom. The lowest BCUT2D eigenvalue weighted by atomic mass is 9.96. The van der Waals surface area contributed by atoms with Gasteiger partial charge >= 0.3 is 35.8 Å². The maximum absolute atomic E-state index is 10.3. The van der Waals surface area contributed by atoms with Crippen LogP contribution in [0.4, 0.5) is 0 Å². The van der Waals surface area contributed by atoms with Gasteiger partial charge < -0.3 is 51.1 Å². The van der Waals surface area contributed by atoms with Crippen LogP contribution in [0, 0.1) is 0 Å². The van der Waals surface area contributed by atoms with Crippen molar-refractivity contribution in [3.63, 3.8) is 0 Å². The fraction of sp³-hybridized carbons (Fsp3) is 0.538. The maximum Gasteiger partial charge on any atom is 0.336 e. The first-order valence-electron chi connectivity index (χ1n) is 7.01. The number of carboxylic acid groups (broad SMARTS) is 6. The Labute approximate surface area is 160 Å². The average molecular weight is 432 g/mol. The highest BCUT2D eigenvalue weighted by Crippen LogP contribution is 2.15. The van der Waals surface area contributed by atoms with E-state index in [-0.39, 0.29) is 0 Å². The minimum absolute atomic E-state index is 1.14. The quantitative estimate of drug-likeness (QED) is 0.166. The van der Waals surface area contributed by atoms with Crippen molar-refractivity contribution < 1.29 is 79.8 Å². The number of carboxylic acids is 6. The minimum atomic E-state index is -2.74. The first kappa shape index (κ1) is 30.4. The van der Waals surface area contributed by atoms with E-state index in [1.807, 2.05) is 0 Å². The zero-order valence-electron chi connectivity index (χ0n) is 14.6. The Kier molecular flexibility index (Phi) is 14.4. The molecule has 0 aliphatic carbocycles. The molecule has 1 unspecified atom stereocenters. The summed E-state index contributed by atoms with van der Waals surface area (Å²) in [5, 5.41) is 82.1. The molecule has 0 saturated carbocycles. The van der Waals surface area contributed by atoms with Crippen molar-refractivity contribution in [3.8, 4) is 0 Å². The van der Waals surface area contributed by atoms with Gasteiger partial charge in [-0.15, -0.1) is 0 Å². The van der Waals surface area contributed by atoms with Crippen LogP contribution in [0.1, 0.15) is 19.8 Å². The van der Waals surface area contributed by atoms with E-state index in [1.165, 1.54) is 6.92 Å². The van der Waals surface area contributed by atoms with Crippen molar-refractivity contribution in [1.82, 2.24) is 0 Å². The highest BCUT2D eigenvalue weighted by atomic mass is 16.4. The van der Waals surface area contributed by atoms with Crippen LogP contribution in [0.3, 0.4) is 0 Å². The summed E-state index contributed by atoms with van der Waals surface area (Å²) in [7, 11) is 0. The molecule has 0 aromatic carbocycles. The first-order valence-corrected chi connectivity index (χ1v) is 7.01. The van der Waals surface area contributed by atoms with Crippen LogP contribution in [-0.4, -0.2) is 111 Å². The summed E-state index contributed by atoms with van der Waals surface area (Å²) in [5.41, 5.74) is -2.74. The predicted molar refractivity (Wildman–Crippen MR) is 83.7 cm³/mol. The largest absolute Gasteiger partial charge is 0.481 e. The molecule has 0 aromatic rings. The molecule has 0 radical (unpaired) electrons. The Morgan fingerprint density at radius 1 is 0.655 bits per heavy atom. The normalized spacial score (nSPS) is 13.1. The van der Waals surface area contributed by atoms with Gasteiger partial charge in [0.2, 0.25) is 0 Å². The average Bonchev–Trinajstić information content (AvgIpc) is 2.52. The molecule has 0 fully saturated rings. The number of aliphatic hydroxyl groups is 4. The van der Waals surface area contributed by atoms with Crippen molar-refractivity contribution in [2.75, 3.05) is 0 Å². The molecule has 29 heavy (non-hydrogen) atoms. The van der Waals surface area contributed by atoms with Crippen LogP contribution in [0.5, 0.6) is 0 Å². The molecule has 0 bridgehead atoms. The van der Waals surface area contributed by atoms with Crippen LogP contribution in [0.25, 0.3) is 0 Å². The van der Waals surface area contributed by atoms with Crippen molar-refractivity contribution in [2.45, 2.75) is 43.7 Å². The summed E-state index contributed by atoms with van der Waals surface area (Å²) in [4.78, 5) is 59.5. The van der Waals surface area contributed by atoms with Gasteiger partial charge in [0.05, 0.1) is 12.8 Å². The van der Waals surface area contributed by atoms with Crippen molar-refractivity contribution in [2.24, 2.45) is 0 Å². The fourth-order valence-electron chi connectivity index (χ4n) is 0.984. The standard InChI is InChI=1S/C6H8O7.C4H6O6.C3H6O3/c7-3(8)1-6(13,5(11)12)2-4(9)10;5-1(3(7)8)2(6)4(9)10;1-2(4)3(5)6/h13H,1-2H2,(H,7,8)(H,9,10)(H,11,12);1-2,5-6H,(H,7,8)(H,9,10);2,4H,1H3,(H,5,6)/t;1-,2-;/m.1./s1. The Morgan fingerprint density at radius 2 is 0.897 bits per heavy atom. The maximum atomic E-state index is 10.3. The van der Waals surface area contributed by atoms with Crippen LogP contribution in [0.2, 0.25) is 0 Å². The summed E-state index contributed by atoms with van der Waals surface area (Å²) in [5.74, 6) is -9.74. The van der Waals surface area contributed by atoms with E-state index in [9.17, 15) is 28.8 Å². The summed E-state index contributed by atoms with van der Waals surface area (Å²) in [6.45, 7) is 1.20. The molecule has 10 N–H and O–H groups in total. The molecule has 0 aromatic heterocycles. The van der Waals surface area contributed by atoms with Crippen LogP contribution in [-0.2, 0) is 28.8 Å². The molecular formula is C13H20O16. The lowest BCUT2D eigenvalue weighted by molar-refractivity contribution is -0.170. The Hall–Kier alpha value is -3.34. The third kappa shape index (κ3) is 15.4. The van der Waals surface area contributed by atoms with Gasteiger partial charge in [0, 0.05) is 0 Å². The van der Waals surface area contributed by atoms with E-state index in [2.05, 4.69) is 0 Å². The third-order valence-electron chi connectivity index (χ3n) is 2.45. The Balaban J connectivity index is -0.000000375. The van der Waals surface area contributed by atoms with Gasteiger partial charge in [0.15, 0.2) is 17.8 Å². The number of aliphatic carboxylic acids is 6. The van der Waals surface area contributed by atoms with E-state index in [1.54, 1.807) is 0 Å². The molecule has 0 amide bonds. The van der Waals surface area contributed by atoms with Gasteiger partial charge in [-0.25, -0.2) is 19.2 Å². The van der Waals surface area contributed by atoms with E-state index >= 15 is 0 Å². The second-order valence-electron chi connectivity index (χ2n) is 5.06. The zero-order valence-corrected chi connectivity index (χ0v) is 14.6. The second kappa shape index (κ2) is 13.8. The zero-order chi connectivity index (χ0) is 24.1. The van der Waals surface area contributed by atoms with Crippen LogP contribution in [0.15, 0.2) is 0 Å². The van der Waals surface area contributed by atoms with Gasteiger partial charge in [-0.1, -0.05) is 0 Å². The first-order chi connectivity index (χ1) is 12.9. The van der Waals surface area contributed by atoms with Crippen molar-refractivity contribution in [3.05, 3.63) is 0 Å². The third-order valence-corrected chi connectivity index (χ3v) is 2.45. The summed E-state index contributed by atoms with van der Waals surface area (Å²) >= 11 is 0. The van der Waals surface area contributed by atoms with Crippen molar-refractivity contribution >= 4 is 35.8 Å². The number of aliphatic hydroxyl groups excluding tert-OH is 3. The molecular weight excluding hydrogens is 412 g/mol. The van der Waals surface area contributed by atoms with E-state index < -0.39 is 72.6 Å². The lowest BCUT2D eigenvalue weighted by Gasteiger charge is -2.18. The highest BCUT2D eigenvalue weighted by molar-refractivity contribution is 5.88. The van der Waals surface area contributed by atoms with Gasteiger partial charge in [-0.2, -0.15) is 0 Å². The fourth-order valence-corrected chi connectivity index (χ4v) is 0.984. The molecule has 16 nitrogen and oxygen atoms in total. The summed E-state index contributed by atoms with van der Waals surface area (Å²) in [6, 6.07) is 0. The number of hydrogen-bond donors (Lipinski definition) is 10. The lowest BCUT2D eigenvalue weighted by Crippen LogP contribution is -2.42. The molecule has 0 aliphatic heterocycles. The Bertz CT molecular complexity index is 574. The molecule has 0 heterocycles. The summed E-state index contributed by atoms with van der Waals surface area (Å²) < 4.78 is 0. The number of hydrogen-bond acceptors (Lipinski definition) is 10. The predicted octanol–water partition coefficient (Wildman–Crippen LogP) is -3.92. The molecule has 0 aliphatic rings. The van der Waals surface area contributed by atoms with E-state index in [0.29, 0.717) is 0 Å². The molecule has 0 saturated heterocycles. The molecule has 168 valence electrons. The topological polar surface area (TPSA) is 305 Å². The SMILES string of the molecule is CC(O)C(=O)O.O=C(O)CC(O)(CC(=O)O)C(=O)O.O=C(O)[C@H](O)[C@@H](O)C(=O)O. The number of carbonyl (C=O) groups is 6. The number of rotatable bonds is 9.